The Morgan fingerprint density at radius 1 is 1.29 bits per heavy atom. The fourth-order valence-electron chi connectivity index (χ4n) is 2.87. The number of pyridine rings is 1. The summed E-state index contributed by atoms with van der Waals surface area (Å²) in [6, 6.07) is 12.3. The van der Waals surface area contributed by atoms with Gasteiger partial charge >= 0.3 is 5.97 Å². The summed E-state index contributed by atoms with van der Waals surface area (Å²) in [5, 5.41) is 4.68. The third-order valence-corrected chi connectivity index (χ3v) is 5.16. The number of fused-ring (bicyclic) bond motifs is 1. The average molecular weight is 395 g/mol. The molecule has 8 heteroatoms. The van der Waals surface area contributed by atoms with Crippen LogP contribution in [-0.4, -0.2) is 21.4 Å². The molecule has 0 radical (unpaired) electrons. The molecule has 28 heavy (non-hydrogen) atoms. The zero-order chi connectivity index (χ0) is 19.5. The summed E-state index contributed by atoms with van der Waals surface area (Å²) in [4.78, 5) is 29.7. The molecule has 0 unspecified atom stereocenters. The number of nitrogens with one attached hydrogen (secondary N) is 1. The lowest BCUT2D eigenvalue weighted by molar-refractivity contribution is -0.130. The fourth-order valence-corrected chi connectivity index (χ4v) is 3.72. The van der Waals surface area contributed by atoms with Crippen LogP contribution in [0.4, 0.5) is 0 Å². The van der Waals surface area contributed by atoms with E-state index in [4.69, 9.17) is 9.15 Å². The zero-order valence-corrected chi connectivity index (χ0v) is 15.8. The molecule has 0 spiro atoms. The van der Waals surface area contributed by atoms with E-state index in [1.54, 1.807) is 54.2 Å². The summed E-state index contributed by atoms with van der Waals surface area (Å²) in [6.07, 6.45) is 1.91. The van der Waals surface area contributed by atoms with Gasteiger partial charge in [-0.2, -0.15) is 0 Å². The third-order valence-electron chi connectivity index (χ3n) is 4.31. The molecular weight excluding hydrogens is 378 g/mol. The van der Waals surface area contributed by atoms with Gasteiger partial charge in [-0.05, 0) is 41.8 Å². The number of carbonyl (C=O) groups excluding carboxylic acids is 2. The monoisotopic (exact) mass is 395 g/mol. The maximum atomic E-state index is 12.8. The lowest BCUT2D eigenvalue weighted by Crippen LogP contribution is -2.32. The largest absolute Gasteiger partial charge is 0.467 e. The molecule has 1 N–H and O–H groups in total. The molecule has 142 valence electrons. The van der Waals surface area contributed by atoms with E-state index in [0.29, 0.717) is 17.1 Å². The Kier molecular flexibility index (Phi) is 4.94. The number of carbonyl (C=O) groups is 2. The fraction of sp³-hybridized carbons (Fsp3) is 0.150. The van der Waals surface area contributed by atoms with E-state index in [-0.39, 0.29) is 6.54 Å². The number of esters is 1. The molecule has 0 bridgehead atoms. The van der Waals surface area contributed by atoms with Gasteiger partial charge in [0.05, 0.1) is 28.7 Å². The van der Waals surface area contributed by atoms with E-state index in [9.17, 15) is 9.59 Å². The van der Waals surface area contributed by atoms with E-state index in [2.05, 4.69) is 10.3 Å². The Morgan fingerprint density at radius 3 is 2.89 bits per heavy atom. The van der Waals surface area contributed by atoms with Crippen LogP contribution in [0.1, 0.15) is 28.0 Å². The number of furan rings is 1. The highest BCUT2D eigenvalue weighted by Gasteiger charge is 2.28. The van der Waals surface area contributed by atoms with Crippen molar-refractivity contribution in [3.05, 3.63) is 77.5 Å². The van der Waals surface area contributed by atoms with Crippen molar-refractivity contribution in [2.75, 3.05) is 0 Å². The summed E-state index contributed by atoms with van der Waals surface area (Å²) in [7, 11) is 1.79. The minimum absolute atomic E-state index is 0.187. The molecule has 1 amide bonds. The highest BCUT2D eigenvalue weighted by molar-refractivity contribution is 7.17. The molecule has 0 saturated carbocycles. The number of aryl methyl sites for hydroxylation is 1. The highest BCUT2D eigenvalue weighted by Crippen LogP contribution is 2.26. The number of nitrogens with zero attached hydrogens (tertiary/aromatic N) is 2. The van der Waals surface area contributed by atoms with Crippen LogP contribution in [0.25, 0.3) is 10.2 Å². The van der Waals surface area contributed by atoms with Crippen LogP contribution >= 0.6 is 11.3 Å². The van der Waals surface area contributed by atoms with Crippen molar-refractivity contribution >= 4 is 33.4 Å². The number of aromatic nitrogens is 2. The molecule has 1 atom stereocenters. The van der Waals surface area contributed by atoms with Gasteiger partial charge in [-0.1, -0.05) is 6.07 Å². The molecule has 0 aliphatic heterocycles. The van der Waals surface area contributed by atoms with Gasteiger partial charge in [0.1, 0.15) is 11.5 Å². The van der Waals surface area contributed by atoms with Gasteiger partial charge in [0.15, 0.2) is 0 Å². The molecule has 0 aliphatic carbocycles. The molecule has 4 rings (SSSR count). The highest BCUT2D eigenvalue weighted by atomic mass is 32.1. The van der Waals surface area contributed by atoms with Crippen molar-refractivity contribution in [3.63, 3.8) is 0 Å². The molecule has 4 aromatic rings. The van der Waals surface area contributed by atoms with Crippen LogP contribution in [-0.2, 0) is 23.1 Å². The van der Waals surface area contributed by atoms with Gasteiger partial charge < -0.3 is 19.0 Å². The topological polar surface area (TPSA) is 86.4 Å². The Balaban J connectivity index is 1.56. The Hall–Kier alpha value is -3.39. The van der Waals surface area contributed by atoms with Crippen LogP contribution in [0.5, 0.6) is 0 Å². The van der Waals surface area contributed by atoms with Crippen molar-refractivity contribution in [1.82, 2.24) is 14.9 Å². The molecule has 0 fully saturated rings. The van der Waals surface area contributed by atoms with E-state index >= 15 is 0 Å². The zero-order valence-electron chi connectivity index (χ0n) is 15.0. The number of hydrogen-bond donors (Lipinski definition) is 1. The Morgan fingerprint density at radius 2 is 2.18 bits per heavy atom. The van der Waals surface area contributed by atoms with Gasteiger partial charge in [-0.3, -0.25) is 9.78 Å². The van der Waals surface area contributed by atoms with Gasteiger partial charge in [0.25, 0.3) is 5.91 Å². The predicted molar refractivity (Wildman–Crippen MR) is 104 cm³/mol. The minimum Gasteiger partial charge on any atom is -0.467 e. The predicted octanol–water partition coefficient (Wildman–Crippen LogP) is 3.44. The van der Waals surface area contributed by atoms with E-state index in [1.165, 1.54) is 17.6 Å². The number of rotatable bonds is 6. The van der Waals surface area contributed by atoms with Crippen molar-refractivity contribution in [3.8, 4) is 0 Å². The maximum absolute atomic E-state index is 12.8. The van der Waals surface area contributed by atoms with Crippen LogP contribution in [0.2, 0.25) is 0 Å². The van der Waals surface area contributed by atoms with E-state index in [1.807, 2.05) is 11.4 Å². The first-order valence-corrected chi connectivity index (χ1v) is 9.46. The molecule has 4 heterocycles. The quantitative estimate of drug-likeness (QED) is 0.506. The standard InChI is InChI=1S/C20H17N3O4S/c1-23-15-7-10-28-17(15)11-16(23)20(25)27-18(14-6-2-3-8-21-14)19(24)22-12-13-5-4-9-26-13/h2-11,18H,12H2,1H3,(H,22,24)/t18-/m0/s1. The number of ether oxygens (including phenoxy) is 1. The second kappa shape index (κ2) is 7.69. The van der Waals surface area contributed by atoms with Crippen molar-refractivity contribution in [2.24, 2.45) is 7.05 Å². The summed E-state index contributed by atoms with van der Waals surface area (Å²) < 4.78 is 13.5. The van der Waals surface area contributed by atoms with Crippen molar-refractivity contribution in [2.45, 2.75) is 12.6 Å². The lowest BCUT2D eigenvalue weighted by atomic mass is 10.2. The van der Waals surface area contributed by atoms with Gasteiger partial charge in [0.2, 0.25) is 6.10 Å². The number of amides is 1. The van der Waals surface area contributed by atoms with Gasteiger partial charge in [-0.25, -0.2) is 4.79 Å². The summed E-state index contributed by atoms with van der Waals surface area (Å²) >= 11 is 1.54. The molecule has 7 nitrogen and oxygen atoms in total. The van der Waals surface area contributed by atoms with Crippen LogP contribution in [0.15, 0.2) is 64.7 Å². The minimum atomic E-state index is -1.17. The summed E-state index contributed by atoms with van der Waals surface area (Å²) in [5.41, 5.74) is 1.67. The van der Waals surface area contributed by atoms with Gasteiger partial charge in [0, 0.05) is 13.2 Å². The Labute approximate surface area is 164 Å². The molecule has 0 aromatic carbocycles. The smallest absolute Gasteiger partial charge is 0.356 e. The second-order valence-electron chi connectivity index (χ2n) is 6.10. The second-order valence-corrected chi connectivity index (χ2v) is 7.04. The molecule has 0 aliphatic rings. The SMILES string of the molecule is Cn1c(C(=O)O[C@H](C(=O)NCc2ccco2)c2ccccn2)cc2sccc21. The van der Waals surface area contributed by atoms with Gasteiger partial charge in [-0.15, -0.1) is 11.3 Å². The Bertz CT molecular complexity index is 1100. The number of thiophene rings is 1. The van der Waals surface area contributed by atoms with E-state index < -0.39 is 18.0 Å². The average Bonchev–Trinajstić information content (AvgIpc) is 3.44. The summed E-state index contributed by atoms with van der Waals surface area (Å²) in [5.74, 6) is -0.462. The van der Waals surface area contributed by atoms with Crippen LogP contribution in [0, 0.1) is 0 Å². The van der Waals surface area contributed by atoms with Crippen LogP contribution < -0.4 is 5.32 Å². The first kappa shape index (κ1) is 18.0. The first-order chi connectivity index (χ1) is 13.6. The summed E-state index contributed by atoms with van der Waals surface area (Å²) in [6.45, 7) is 0.187. The molecule has 0 saturated heterocycles. The molecular formula is C20H17N3O4S. The van der Waals surface area contributed by atoms with E-state index in [0.717, 1.165) is 10.2 Å². The van der Waals surface area contributed by atoms with Crippen molar-refractivity contribution in [1.29, 1.82) is 0 Å². The van der Waals surface area contributed by atoms with Crippen molar-refractivity contribution < 1.29 is 18.7 Å². The maximum Gasteiger partial charge on any atom is 0.356 e. The first-order valence-electron chi connectivity index (χ1n) is 8.58. The third kappa shape index (κ3) is 3.54. The van der Waals surface area contributed by atoms with Crippen LogP contribution in [0.3, 0.4) is 0 Å². The normalized spacial score (nSPS) is 12.0. The number of hydrogen-bond acceptors (Lipinski definition) is 6. The molecule has 4 aromatic heterocycles. The lowest BCUT2D eigenvalue weighted by Gasteiger charge is -2.17.